The summed E-state index contributed by atoms with van der Waals surface area (Å²) in [5, 5.41) is 0. The van der Waals surface area contributed by atoms with Crippen molar-refractivity contribution in [3.8, 4) is 0 Å². The average molecular weight is 210 g/mol. The molecule has 0 unspecified atom stereocenters. The highest BCUT2D eigenvalue weighted by atomic mass is 16.1. The first-order valence-corrected chi connectivity index (χ1v) is 6.49. The third kappa shape index (κ3) is 9.71. The summed E-state index contributed by atoms with van der Waals surface area (Å²) in [6.07, 6.45) is 14.2. The lowest BCUT2D eigenvalue weighted by Gasteiger charge is -2.01. The molecule has 0 amide bonds. The summed E-state index contributed by atoms with van der Waals surface area (Å²) in [5.74, 6) is 0. The van der Waals surface area contributed by atoms with Crippen molar-refractivity contribution < 1.29 is 4.79 Å². The topological polar surface area (TPSA) is 17.1 Å². The lowest BCUT2D eigenvalue weighted by Crippen LogP contribution is -1.86. The van der Waals surface area contributed by atoms with Crippen molar-refractivity contribution in [1.82, 2.24) is 0 Å². The van der Waals surface area contributed by atoms with Crippen molar-refractivity contribution in [2.24, 2.45) is 0 Å². The Kier molecular flexibility index (Phi) is 11.0. The van der Waals surface area contributed by atoms with Crippen LogP contribution in [0.3, 0.4) is 0 Å². The lowest BCUT2D eigenvalue weighted by atomic mass is 10.0. The molecule has 0 aromatic rings. The highest BCUT2D eigenvalue weighted by Gasteiger charge is 1.95. The second-order valence-corrected chi connectivity index (χ2v) is 4.18. The molecule has 0 atom stereocenters. The van der Waals surface area contributed by atoms with E-state index in [2.05, 4.69) is 13.8 Å². The van der Waals surface area contributed by atoms with Crippen LogP contribution in [0.15, 0.2) is 11.6 Å². The van der Waals surface area contributed by atoms with Gasteiger partial charge in [-0.25, -0.2) is 0 Å². The molecule has 1 nitrogen and oxygen atoms in total. The van der Waals surface area contributed by atoms with Crippen molar-refractivity contribution in [3.63, 3.8) is 0 Å². The number of unbranched alkanes of at least 4 members (excludes halogenated alkanes) is 6. The maximum absolute atomic E-state index is 10.6. The van der Waals surface area contributed by atoms with Crippen LogP contribution in [0.25, 0.3) is 0 Å². The molecule has 0 aromatic carbocycles. The van der Waals surface area contributed by atoms with Gasteiger partial charge in [-0.1, -0.05) is 58.4 Å². The van der Waals surface area contributed by atoms with Gasteiger partial charge in [0.25, 0.3) is 0 Å². The Bertz CT molecular complexity index is 170. The quantitative estimate of drug-likeness (QED) is 0.291. The molecule has 0 radical (unpaired) electrons. The molecular formula is C14H26O. The molecule has 15 heavy (non-hydrogen) atoms. The van der Waals surface area contributed by atoms with E-state index in [0.717, 1.165) is 24.7 Å². The van der Waals surface area contributed by atoms with Gasteiger partial charge in [-0.15, -0.1) is 0 Å². The zero-order chi connectivity index (χ0) is 11.4. The maximum atomic E-state index is 10.6. The zero-order valence-electron chi connectivity index (χ0n) is 10.4. The Morgan fingerprint density at radius 2 is 1.53 bits per heavy atom. The normalized spacial score (nSPS) is 11.7. The number of carbonyl (C=O) groups excluding carboxylic acids is 1. The van der Waals surface area contributed by atoms with Crippen LogP contribution in [0.2, 0.25) is 0 Å². The van der Waals surface area contributed by atoms with Gasteiger partial charge in [0.05, 0.1) is 0 Å². The van der Waals surface area contributed by atoms with Crippen molar-refractivity contribution in [2.45, 2.75) is 71.6 Å². The number of aldehydes is 1. The van der Waals surface area contributed by atoms with E-state index in [9.17, 15) is 4.79 Å². The molecule has 0 saturated carbocycles. The summed E-state index contributed by atoms with van der Waals surface area (Å²) in [6.45, 7) is 4.32. The van der Waals surface area contributed by atoms with Gasteiger partial charge >= 0.3 is 0 Å². The second kappa shape index (κ2) is 11.5. The predicted molar refractivity (Wildman–Crippen MR) is 67.0 cm³/mol. The number of hydrogen-bond acceptors (Lipinski definition) is 1. The highest BCUT2D eigenvalue weighted by molar-refractivity contribution is 5.72. The first-order valence-electron chi connectivity index (χ1n) is 6.49. The summed E-state index contributed by atoms with van der Waals surface area (Å²) < 4.78 is 0. The molecule has 0 aliphatic carbocycles. The molecular weight excluding hydrogens is 184 g/mol. The minimum absolute atomic E-state index is 0.977. The van der Waals surface area contributed by atoms with E-state index in [1.54, 1.807) is 0 Å². The smallest absolute Gasteiger partial charge is 0.145 e. The summed E-state index contributed by atoms with van der Waals surface area (Å²) in [6, 6.07) is 0. The van der Waals surface area contributed by atoms with Gasteiger partial charge in [0, 0.05) is 0 Å². The summed E-state index contributed by atoms with van der Waals surface area (Å²) >= 11 is 0. The van der Waals surface area contributed by atoms with E-state index in [0.29, 0.717) is 0 Å². The lowest BCUT2D eigenvalue weighted by molar-refractivity contribution is -0.105. The fraction of sp³-hybridized carbons (Fsp3) is 0.786. The van der Waals surface area contributed by atoms with Gasteiger partial charge < -0.3 is 0 Å². The molecule has 0 rings (SSSR count). The largest absolute Gasteiger partial charge is 0.298 e. The summed E-state index contributed by atoms with van der Waals surface area (Å²) in [5.41, 5.74) is 0.992. The summed E-state index contributed by atoms with van der Waals surface area (Å²) in [4.78, 5) is 10.6. The highest BCUT2D eigenvalue weighted by Crippen LogP contribution is 2.11. The maximum Gasteiger partial charge on any atom is 0.145 e. The monoisotopic (exact) mass is 210 g/mol. The van der Waals surface area contributed by atoms with Gasteiger partial charge in [-0.2, -0.15) is 0 Å². The average Bonchev–Trinajstić information content (AvgIpc) is 2.26. The Morgan fingerprint density at radius 3 is 2.07 bits per heavy atom. The third-order valence-corrected chi connectivity index (χ3v) is 2.69. The van der Waals surface area contributed by atoms with Gasteiger partial charge in [0.15, 0.2) is 0 Å². The zero-order valence-corrected chi connectivity index (χ0v) is 10.4. The first kappa shape index (κ1) is 14.4. The number of hydrogen-bond donors (Lipinski definition) is 0. The van der Waals surface area contributed by atoms with Gasteiger partial charge in [0.2, 0.25) is 0 Å². The van der Waals surface area contributed by atoms with Crippen LogP contribution in [0.5, 0.6) is 0 Å². The molecule has 0 aromatic heterocycles. The number of rotatable bonds is 10. The van der Waals surface area contributed by atoms with Gasteiger partial charge in [-0.05, 0) is 24.8 Å². The van der Waals surface area contributed by atoms with Crippen LogP contribution in [0, 0.1) is 0 Å². The summed E-state index contributed by atoms with van der Waals surface area (Å²) in [7, 11) is 0. The second-order valence-electron chi connectivity index (χ2n) is 4.18. The molecule has 0 saturated heterocycles. The minimum Gasteiger partial charge on any atom is -0.298 e. The Morgan fingerprint density at radius 1 is 0.933 bits per heavy atom. The number of allylic oxidation sites excluding steroid dienone is 2. The fourth-order valence-corrected chi connectivity index (χ4v) is 1.76. The van der Waals surface area contributed by atoms with Gasteiger partial charge in [-0.3, -0.25) is 4.79 Å². The van der Waals surface area contributed by atoms with Crippen molar-refractivity contribution in [1.29, 1.82) is 0 Å². The SMILES string of the molecule is CC/C=C(/C=O)CCCCCCCCC. The molecule has 0 bridgehead atoms. The van der Waals surface area contributed by atoms with Crippen LogP contribution in [0.4, 0.5) is 0 Å². The molecule has 0 fully saturated rings. The van der Waals surface area contributed by atoms with Crippen molar-refractivity contribution >= 4 is 6.29 Å². The van der Waals surface area contributed by atoms with E-state index in [1.807, 2.05) is 6.08 Å². The molecule has 1 heteroatoms. The molecule has 0 aliphatic heterocycles. The van der Waals surface area contributed by atoms with Crippen LogP contribution in [-0.4, -0.2) is 6.29 Å². The first-order chi connectivity index (χ1) is 7.35. The van der Waals surface area contributed by atoms with E-state index in [4.69, 9.17) is 0 Å². The van der Waals surface area contributed by atoms with Crippen molar-refractivity contribution in [3.05, 3.63) is 11.6 Å². The fourth-order valence-electron chi connectivity index (χ4n) is 1.76. The third-order valence-electron chi connectivity index (χ3n) is 2.69. The molecule has 0 N–H and O–H groups in total. The van der Waals surface area contributed by atoms with E-state index >= 15 is 0 Å². The molecule has 0 spiro atoms. The minimum atomic E-state index is 0.977. The van der Waals surface area contributed by atoms with Crippen LogP contribution >= 0.6 is 0 Å². The van der Waals surface area contributed by atoms with E-state index in [1.165, 1.54) is 44.9 Å². The van der Waals surface area contributed by atoms with Crippen LogP contribution < -0.4 is 0 Å². The standard InChI is InChI=1S/C14H26O/c1-3-5-6-7-8-9-10-12-14(13-15)11-4-2/h11,13H,3-10,12H2,1-2H3/b14-11+. The Balaban J connectivity index is 3.29. The van der Waals surface area contributed by atoms with Crippen LogP contribution in [0.1, 0.15) is 71.6 Å². The van der Waals surface area contributed by atoms with Gasteiger partial charge in [0.1, 0.15) is 6.29 Å². The van der Waals surface area contributed by atoms with Crippen molar-refractivity contribution in [2.75, 3.05) is 0 Å². The van der Waals surface area contributed by atoms with Crippen LogP contribution in [-0.2, 0) is 4.79 Å². The number of carbonyl (C=O) groups is 1. The predicted octanol–water partition coefficient (Wildman–Crippen LogP) is 4.66. The molecule has 0 aliphatic rings. The van der Waals surface area contributed by atoms with E-state index < -0.39 is 0 Å². The molecule has 0 heterocycles. The van der Waals surface area contributed by atoms with E-state index in [-0.39, 0.29) is 0 Å². The molecule has 88 valence electrons. The Hall–Kier alpha value is -0.590. The Labute approximate surface area is 95.0 Å².